The van der Waals surface area contributed by atoms with E-state index >= 15 is 0 Å². The van der Waals surface area contributed by atoms with E-state index in [1.807, 2.05) is 0 Å². The summed E-state index contributed by atoms with van der Waals surface area (Å²) in [5.41, 5.74) is 12.0. The molecule has 4 atom stereocenters. The molecule has 206 valence electrons. The molecule has 0 radical (unpaired) electrons. The normalized spacial score (nSPS) is 14.1. The summed E-state index contributed by atoms with van der Waals surface area (Å²) in [4.78, 5) is 74.6. The quantitative estimate of drug-likeness (QED) is 0.114. The first kappa shape index (κ1) is 29.7. The number of carbonyl (C=O) groups excluding carboxylic acids is 4. The molecule has 0 fully saturated rings. The number of aromatic nitrogens is 1. The number of aliphatic hydroxyl groups excluding tert-OH is 1. The summed E-state index contributed by atoms with van der Waals surface area (Å²) in [5, 5.41) is 35.5. The predicted molar refractivity (Wildman–Crippen MR) is 131 cm³/mol. The Morgan fingerprint density at radius 3 is 2.11 bits per heavy atom. The van der Waals surface area contributed by atoms with Gasteiger partial charge in [0.2, 0.25) is 23.6 Å². The number of benzene rings is 1. The molecule has 38 heavy (non-hydrogen) atoms. The minimum absolute atomic E-state index is 0.101. The van der Waals surface area contributed by atoms with E-state index in [1.165, 1.54) is 0 Å². The first-order chi connectivity index (χ1) is 17.9. The Labute approximate surface area is 215 Å². The van der Waals surface area contributed by atoms with Crippen molar-refractivity contribution in [2.45, 2.75) is 49.9 Å². The van der Waals surface area contributed by atoms with Gasteiger partial charge in [0.1, 0.15) is 18.1 Å². The number of primary amides is 1. The van der Waals surface area contributed by atoms with Crippen molar-refractivity contribution in [3.05, 3.63) is 36.0 Å². The largest absolute Gasteiger partial charge is 0.481 e. The van der Waals surface area contributed by atoms with Crippen molar-refractivity contribution in [2.24, 2.45) is 11.5 Å². The number of hydrogen-bond acceptors (Lipinski definition) is 8. The first-order valence-electron chi connectivity index (χ1n) is 11.5. The summed E-state index contributed by atoms with van der Waals surface area (Å²) in [6, 6.07) is 1.15. The Hall–Kier alpha value is -4.50. The minimum Gasteiger partial charge on any atom is -0.481 e. The number of H-pyrrole nitrogens is 1. The summed E-state index contributed by atoms with van der Waals surface area (Å²) >= 11 is 0. The van der Waals surface area contributed by atoms with Crippen LogP contribution >= 0.6 is 0 Å². The number of aromatic amines is 1. The fourth-order valence-electron chi connectivity index (χ4n) is 3.57. The van der Waals surface area contributed by atoms with Gasteiger partial charge in [-0.3, -0.25) is 24.0 Å². The van der Waals surface area contributed by atoms with E-state index in [0.29, 0.717) is 5.56 Å². The number of aliphatic hydroxyl groups is 1. The molecule has 0 aliphatic heterocycles. The Bertz CT molecular complexity index is 1200. The van der Waals surface area contributed by atoms with Crippen molar-refractivity contribution in [1.29, 1.82) is 0 Å². The van der Waals surface area contributed by atoms with E-state index < -0.39 is 72.8 Å². The van der Waals surface area contributed by atoms with E-state index in [9.17, 15) is 39.0 Å². The zero-order valence-corrected chi connectivity index (χ0v) is 20.2. The molecule has 1 aromatic heterocycles. The lowest BCUT2D eigenvalue weighted by atomic mass is 10.0. The molecule has 1 heterocycles. The topological polar surface area (TPSA) is 267 Å². The number of amides is 4. The molecule has 0 aliphatic carbocycles. The van der Waals surface area contributed by atoms with Crippen LogP contribution in [0.3, 0.4) is 0 Å². The molecule has 11 N–H and O–H groups in total. The standard InChI is InChI=1S/C23H30N6O9/c24-13(8-19(32)33)20(34)27-15(5-6-18(25)31)21(35)29-17(10-30)22(36)28-16(23(37)38)7-11-9-26-14-4-2-1-3-12(11)14/h1-4,9,13,15-17,26,30H,5-8,10,24H2,(H2,25,31)(H,27,34)(H,28,36)(H,29,35)(H,32,33)(H,37,38). The van der Waals surface area contributed by atoms with Gasteiger partial charge in [-0.05, 0) is 18.1 Å². The van der Waals surface area contributed by atoms with Gasteiger partial charge in [0.25, 0.3) is 0 Å². The van der Waals surface area contributed by atoms with Crippen molar-refractivity contribution in [1.82, 2.24) is 20.9 Å². The van der Waals surface area contributed by atoms with E-state index in [0.717, 1.165) is 10.9 Å². The fourth-order valence-corrected chi connectivity index (χ4v) is 3.57. The summed E-state index contributed by atoms with van der Waals surface area (Å²) in [6.45, 7) is -0.925. The lowest BCUT2D eigenvalue weighted by Crippen LogP contribution is -2.58. The summed E-state index contributed by atoms with van der Waals surface area (Å²) in [5.74, 6) is -6.55. The van der Waals surface area contributed by atoms with E-state index in [-0.39, 0.29) is 19.3 Å². The molecule has 1 aromatic carbocycles. The molecular weight excluding hydrogens is 504 g/mol. The number of carboxylic acids is 2. The van der Waals surface area contributed by atoms with Crippen molar-refractivity contribution in [3.8, 4) is 0 Å². The van der Waals surface area contributed by atoms with Crippen molar-refractivity contribution in [3.63, 3.8) is 0 Å². The Morgan fingerprint density at radius 2 is 1.50 bits per heavy atom. The zero-order chi connectivity index (χ0) is 28.4. The molecule has 4 unspecified atom stereocenters. The highest BCUT2D eigenvalue weighted by atomic mass is 16.4. The van der Waals surface area contributed by atoms with Crippen LogP contribution in [0.25, 0.3) is 10.9 Å². The monoisotopic (exact) mass is 534 g/mol. The van der Waals surface area contributed by atoms with Crippen molar-refractivity contribution >= 4 is 46.5 Å². The fraction of sp³-hybridized carbons (Fsp3) is 0.391. The Kier molecular flexibility index (Phi) is 10.7. The zero-order valence-electron chi connectivity index (χ0n) is 20.2. The van der Waals surface area contributed by atoms with Crippen LogP contribution in [-0.4, -0.2) is 86.6 Å². The molecule has 0 saturated heterocycles. The lowest BCUT2D eigenvalue weighted by Gasteiger charge is -2.24. The predicted octanol–water partition coefficient (Wildman–Crippen LogP) is -2.69. The molecule has 0 saturated carbocycles. The van der Waals surface area contributed by atoms with Gasteiger partial charge in [-0.25, -0.2) is 4.79 Å². The number of aliphatic carboxylic acids is 2. The highest BCUT2D eigenvalue weighted by Crippen LogP contribution is 2.19. The number of hydrogen-bond donors (Lipinski definition) is 9. The van der Waals surface area contributed by atoms with Crippen LogP contribution in [0, 0.1) is 0 Å². The highest BCUT2D eigenvalue weighted by Gasteiger charge is 2.31. The lowest BCUT2D eigenvalue weighted by molar-refractivity contribution is -0.142. The Balaban J connectivity index is 2.10. The van der Waals surface area contributed by atoms with Gasteiger partial charge in [-0.1, -0.05) is 18.2 Å². The van der Waals surface area contributed by atoms with E-state index in [4.69, 9.17) is 16.6 Å². The summed E-state index contributed by atoms with van der Waals surface area (Å²) in [7, 11) is 0. The average Bonchev–Trinajstić information content (AvgIpc) is 3.26. The molecule has 15 nitrogen and oxygen atoms in total. The Morgan fingerprint density at radius 1 is 0.895 bits per heavy atom. The smallest absolute Gasteiger partial charge is 0.326 e. The second-order valence-electron chi connectivity index (χ2n) is 8.48. The van der Waals surface area contributed by atoms with E-state index in [1.54, 1.807) is 30.5 Å². The van der Waals surface area contributed by atoms with Crippen LogP contribution < -0.4 is 27.4 Å². The van der Waals surface area contributed by atoms with E-state index in [2.05, 4.69) is 20.9 Å². The third-order valence-corrected chi connectivity index (χ3v) is 5.57. The third-order valence-electron chi connectivity index (χ3n) is 5.57. The summed E-state index contributed by atoms with van der Waals surface area (Å²) in [6.07, 6.45) is 0.110. The maximum atomic E-state index is 12.8. The molecule has 0 spiro atoms. The minimum atomic E-state index is -1.62. The highest BCUT2D eigenvalue weighted by molar-refractivity contribution is 5.95. The molecule has 0 aliphatic rings. The van der Waals surface area contributed by atoms with Crippen molar-refractivity contribution in [2.75, 3.05) is 6.61 Å². The van der Waals surface area contributed by atoms with Gasteiger partial charge in [0.15, 0.2) is 0 Å². The van der Waals surface area contributed by atoms with Gasteiger partial charge in [0.05, 0.1) is 19.1 Å². The van der Waals surface area contributed by atoms with Gasteiger partial charge >= 0.3 is 11.9 Å². The number of nitrogens with one attached hydrogen (secondary N) is 4. The van der Waals surface area contributed by atoms with Gasteiger partial charge in [0, 0.05) is 29.9 Å². The third kappa shape index (κ3) is 8.56. The number of nitrogens with two attached hydrogens (primary N) is 2. The molecule has 4 amide bonds. The second kappa shape index (κ2) is 13.7. The summed E-state index contributed by atoms with van der Waals surface area (Å²) < 4.78 is 0. The molecule has 15 heteroatoms. The number of fused-ring (bicyclic) bond motifs is 1. The molecular formula is C23H30N6O9. The van der Waals surface area contributed by atoms with Crippen LogP contribution in [0.15, 0.2) is 30.5 Å². The van der Waals surface area contributed by atoms with Crippen LogP contribution in [0.1, 0.15) is 24.8 Å². The van der Waals surface area contributed by atoms with Crippen LogP contribution in [0.5, 0.6) is 0 Å². The van der Waals surface area contributed by atoms with Gasteiger partial charge in [-0.2, -0.15) is 0 Å². The maximum absolute atomic E-state index is 12.8. The first-order valence-corrected chi connectivity index (χ1v) is 11.5. The van der Waals surface area contributed by atoms with Gasteiger partial charge in [-0.15, -0.1) is 0 Å². The number of para-hydroxylation sites is 1. The number of carboxylic acid groups (broad SMARTS) is 2. The molecule has 2 rings (SSSR count). The van der Waals surface area contributed by atoms with Crippen LogP contribution in [-0.2, 0) is 35.2 Å². The maximum Gasteiger partial charge on any atom is 0.326 e. The average molecular weight is 535 g/mol. The van der Waals surface area contributed by atoms with Crippen molar-refractivity contribution < 1.29 is 44.1 Å². The SMILES string of the molecule is NC(=O)CCC(NC(=O)C(N)CC(=O)O)C(=O)NC(CO)C(=O)NC(Cc1c[nH]c2ccccc12)C(=O)O. The van der Waals surface area contributed by atoms with Gasteiger partial charge < -0.3 is 47.7 Å². The molecule has 2 aromatic rings. The van der Waals surface area contributed by atoms with Crippen LogP contribution in [0.2, 0.25) is 0 Å². The number of carbonyl (C=O) groups is 6. The number of rotatable bonds is 15. The molecule has 0 bridgehead atoms. The second-order valence-corrected chi connectivity index (χ2v) is 8.48. The van der Waals surface area contributed by atoms with Crippen LogP contribution in [0.4, 0.5) is 0 Å².